The molecule has 0 unspecified atom stereocenters. The van der Waals surface area contributed by atoms with Crippen molar-refractivity contribution >= 4 is 16.7 Å². The summed E-state index contributed by atoms with van der Waals surface area (Å²) >= 11 is 0. The molecule has 140 valence electrons. The molecule has 1 heterocycles. The average molecular weight is 373 g/mol. The fraction of sp³-hybridized carbons (Fsp3) is 0.130. The normalized spacial score (nSPS) is 12.1. The molecule has 0 spiro atoms. The fourth-order valence-corrected chi connectivity index (χ4v) is 3.35. The van der Waals surface area contributed by atoms with E-state index in [0.717, 1.165) is 21.9 Å². The fourth-order valence-electron chi connectivity index (χ4n) is 3.35. The van der Waals surface area contributed by atoms with Gasteiger partial charge in [0.05, 0.1) is 6.42 Å². The zero-order valence-electron chi connectivity index (χ0n) is 15.5. The number of carbonyl (C=O) groups excluding carboxylic acids is 1. The van der Waals surface area contributed by atoms with E-state index < -0.39 is 6.04 Å². The van der Waals surface area contributed by atoms with Gasteiger partial charge in [-0.25, -0.2) is 9.37 Å². The van der Waals surface area contributed by atoms with Crippen LogP contribution in [0.5, 0.6) is 0 Å². The lowest BCUT2D eigenvalue weighted by Crippen LogP contribution is -2.32. The quantitative estimate of drug-likeness (QED) is 0.571. The number of aromatic nitrogens is 2. The summed E-state index contributed by atoms with van der Waals surface area (Å²) in [7, 11) is 1.87. The van der Waals surface area contributed by atoms with Crippen LogP contribution < -0.4 is 5.32 Å². The van der Waals surface area contributed by atoms with Crippen LogP contribution in [0.1, 0.15) is 23.0 Å². The number of imidazole rings is 1. The molecule has 1 atom stereocenters. The maximum absolute atomic E-state index is 13.3. The Bertz CT molecular complexity index is 1120. The van der Waals surface area contributed by atoms with Crippen LogP contribution >= 0.6 is 0 Å². The Hall–Kier alpha value is -3.47. The van der Waals surface area contributed by atoms with Gasteiger partial charge in [0.25, 0.3) is 0 Å². The molecule has 1 N–H and O–H groups in total. The molecular weight excluding hydrogens is 353 g/mol. The lowest BCUT2D eigenvalue weighted by atomic mass is 10.0. The first kappa shape index (κ1) is 17.9. The van der Waals surface area contributed by atoms with Crippen molar-refractivity contribution in [2.45, 2.75) is 12.5 Å². The summed E-state index contributed by atoms with van der Waals surface area (Å²) in [6, 6.07) is 19.8. The largest absolute Gasteiger partial charge is 0.342 e. The monoisotopic (exact) mass is 373 g/mol. The molecule has 5 heteroatoms. The second-order valence-electron chi connectivity index (χ2n) is 6.81. The molecule has 1 amide bonds. The molecule has 0 fully saturated rings. The van der Waals surface area contributed by atoms with E-state index in [-0.39, 0.29) is 18.1 Å². The predicted octanol–water partition coefficient (Wildman–Crippen LogP) is 4.16. The maximum atomic E-state index is 13.3. The second-order valence-corrected chi connectivity index (χ2v) is 6.81. The number of halogens is 1. The number of nitrogens with one attached hydrogen (secondary N) is 1. The Kier molecular flexibility index (Phi) is 4.89. The van der Waals surface area contributed by atoms with Gasteiger partial charge in [-0.15, -0.1) is 0 Å². The Labute approximate surface area is 162 Å². The molecular formula is C23H20FN3O. The number of carbonyl (C=O) groups is 1. The van der Waals surface area contributed by atoms with Crippen LogP contribution in [0.3, 0.4) is 0 Å². The summed E-state index contributed by atoms with van der Waals surface area (Å²) < 4.78 is 15.2. The molecule has 0 aliphatic carbocycles. The molecule has 3 aromatic carbocycles. The van der Waals surface area contributed by atoms with Crippen LogP contribution in [0.4, 0.5) is 4.39 Å². The standard InChI is InChI=1S/C23H20FN3O/c1-27-13-12-25-23(27)22(18-8-10-20(24)11-9-18)26-21(28)15-16-6-7-17-4-2-3-5-19(17)14-16/h2-14,22H,15H2,1H3,(H,26,28)/t22-/m0/s1. The van der Waals surface area contributed by atoms with E-state index in [1.807, 2.05) is 60.3 Å². The molecule has 28 heavy (non-hydrogen) atoms. The molecule has 0 aliphatic heterocycles. The summed E-state index contributed by atoms with van der Waals surface area (Å²) in [5, 5.41) is 5.29. The first-order valence-electron chi connectivity index (χ1n) is 9.10. The Morgan fingerprint density at radius 2 is 1.82 bits per heavy atom. The molecule has 0 bridgehead atoms. The summed E-state index contributed by atoms with van der Waals surface area (Å²) in [5.74, 6) is 0.260. The van der Waals surface area contributed by atoms with Crippen molar-refractivity contribution in [2.24, 2.45) is 7.05 Å². The Morgan fingerprint density at radius 1 is 1.07 bits per heavy atom. The summed E-state index contributed by atoms with van der Waals surface area (Å²) in [4.78, 5) is 17.2. The van der Waals surface area contributed by atoms with Crippen molar-refractivity contribution in [2.75, 3.05) is 0 Å². The number of nitrogens with zero attached hydrogens (tertiary/aromatic N) is 2. The van der Waals surface area contributed by atoms with E-state index in [9.17, 15) is 9.18 Å². The summed E-state index contributed by atoms with van der Waals surface area (Å²) in [6.07, 6.45) is 3.76. The van der Waals surface area contributed by atoms with Gasteiger partial charge >= 0.3 is 0 Å². The van der Waals surface area contributed by atoms with Crippen molar-refractivity contribution in [1.29, 1.82) is 0 Å². The average Bonchev–Trinajstić information content (AvgIpc) is 3.12. The van der Waals surface area contributed by atoms with Crippen LogP contribution in [-0.4, -0.2) is 15.5 Å². The minimum Gasteiger partial charge on any atom is -0.342 e. The molecule has 1 aromatic heterocycles. The number of hydrogen-bond acceptors (Lipinski definition) is 2. The van der Waals surface area contributed by atoms with Gasteiger partial charge in [-0.3, -0.25) is 4.79 Å². The van der Waals surface area contributed by atoms with Crippen LogP contribution in [0.2, 0.25) is 0 Å². The Morgan fingerprint density at radius 3 is 2.54 bits per heavy atom. The smallest absolute Gasteiger partial charge is 0.225 e. The molecule has 4 aromatic rings. The molecule has 4 rings (SSSR count). The molecule has 4 nitrogen and oxygen atoms in total. The van der Waals surface area contributed by atoms with E-state index in [4.69, 9.17) is 0 Å². The highest BCUT2D eigenvalue weighted by Gasteiger charge is 2.21. The SMILES string of the molecule is Cn1ccnc1[C@@H](NC(=O)Cc1ccc2ccccc2c1)c1ccc(F)cc1. The maximum Gasteiger partial charge on any atom is 0.225 e. The zero-order chi connectivity index (χ0) is 19.5. The van der Waals surface area contributed by atoms with Crippen molar-refractivity contribution < 1.29 is 9.18 Å². The third kappa shape index (κ3) is 3.78. The van der Waals surface area contributed by atoms with E-state index in [2.05, 4.69) is 10.3 Å². The predicted molar refractivity (Wildman–Crippen MR) is 107 cm³/mol. The van der Waals surface area contributed by atoms with Crippen LogP contribution in [-0.2, 0) is 18.3 Å². The minimum absolute atomic E-state index is 0.118. The van der Waals surface area contributed by atoms with Gasteiger partial charge in [-0.05, 0) is 34.0 Å². The topological polar surface area (TPSA) is 46.9 Å². The van der Waals surface area contributed by atoms with Gasteiger partial charge in [0, 0.05) is 19.4 Å². The second kappa shape index (κ2) is 7.64. The highest BCUT2D eigenvalue weighted by molar-refractivity contribution is 5.85. The number of amides is 1. The summed E-state index contributed by atoms with van der Waals surface area (Å²) in [6.45, 7) is 0. The first-order chi connectivity index (χ1) is 13.6. The summed E-state index contributed by atoms with van der Waals surface area (Å²) in [5.41, 5.74) is 1.72. The van der Waals surface area contributed by atoms with Gasteiger partial charge in [-0.2, -0.15) is 0 Å². The van der Waals surface area contributed by atoms with Crippen LogP contribution in [0, 0.1) is 5.82 Å². The van der Waals surface area contributed by atoms with E-state index in [0.29, 0.717) is 5.82 Å². The lowest BCUT2D eigenvalue weighted by Gasteiger charge is -2.19. The van der Waals surface area contributed by atoms with E-state index in [1.54, 1.807) is 18.3 Å². The minimum atomic E-state index is -0.450. The van der Waals surface area contributed by atoms with Crippen LogP contribution in [0.15, 0.2) is 79.1 Å². The van der Waals surface area contributed by atoms with Gasteiger partial charge in [0.1, 0.15) is 17.7 Å². The number of benzene rings is 3. The van der Waals surface area contributed by atoms with Gasteiger partial charge in [0.2, 0.25) is 5.91 Å². The Balaban J connectivity index is 1.58. The van der Waals surface area contributed by atoms with Gasteiger partial charge in [0.15, 0.2) is 0 Å². The van der Waals surface area contributed by atoms with Crippen molar-refractivity contribution in [3.63, 3.8) is 0 Å². The highest BCUT2D eigenvalue weighted by atomic mass is 19.1. The highest BCUT2D eigenvalue weighted by Crippen LogP contribution is 2.22. The molecule has 0 aliphatic rings. The van der Waals surface area contributed by atoms with Crippen molar-refractivity contribution in [3.05, 3.63) is 102 Å². The third-order valence-corrected chi connectivity index (χ3v) is 4.80. The molecule has 0 saturated heterocycles. The van der Waals surface area contributed by atoms with Crippen molar-refractivity contribution in [3.8, 4) is 0 Å². The van der Waals surface area contributed by atoms with Gasteiger partial charge < -0.3 is 9.88 Å². The zero-order valence-corrected chi connectivity index (χ0v) is 15.5. The van der Waals surface area contributed by atoms with Crippen molar-refractivity contribution in [1.82, 2.24) is 14.9 Å². The van der Waals surface area contributed by atoms with E-state index >= 15 is 0 Å². The number of aryl methyl sites for hydroxylation is 1. The molecule has 0 saturated carbocycles. The van der Waals surface area contributed by atoms with Gasteiger partial charge in [-0.1, -0.05) is 54.6 Å². The number of hydrogen-bond donors (Lipinski definition) is 1. The number of rotatable bonds is 5. The first-order valence-corrected chi connectivity index (χ1v) is 9.10. The molecule has 0 radical (unpaired) electrons. The number of fused-ring (bicyclic) bond motifs is 1. The van der Waals surface area contributed by atoms with E-state index in [1.165, 1.54) is 12.1 Å². The van der Waals surface area contributed by atoms with Crippen LogP contribution in [0.25, 0.3) is 10.8 Å². The third-order valence-electron chi connectivity index (χ3n) is 4.80. The lowest BCUT2D eigenvalue weighted by molar-refractivity contribution is -0.121.